The summed E-state index contributed by atoms with van der Waals surface area (Å²) in [6.45, 7) is 0.489. The van der Waals surface area contributed by atoms with E-state index in [1.54, 1.807) is 6.07 Å². The lowest BCUT2D eigenvalue weighted by Gasteiger charge is -2.32. The van der Waals surface area contributed by atoms with Crippen molar-refractivity contribution in [1.82, 2.24) is 10.2 Å². The molecule has 1 aromatic heterocycles. The third-order valence-corrected chi connectivity index (χ3v) is 3.44. The number of likely N-dealkylation sites (tertiary alicyclic amines) is 1. The minimum absolute atomic E-state index is 0.212. The highest BCUT2D eigenvalue weighted by molar-refractivity contribution is 5.93. The third kappa shape index (κ3) is 4.56. The molecular weight excluding hydrogens is 273 g/mol. The van der Waals surface area contributed by atoms with Crippen LogP contribution in [0.15, 0.2) is 23.0 Å². The molecule has 1 amide bonds. The van der Waals surface area contributed by atoms with E-state index in [0.29, 0.717) is 38.0 Å². The first kappa shape index (κ1) is 14.9. The van der Waals surface area contributed by atoms with E-state index in [4.69, 9.17) is 4.42 Å². The molecule has 20 heavy (non-hydrogen) atoms. The number of carbonyl (C=O) groups excluding carboxylic acids is 1. The van der Waals surface area contributed by atoms with Gasteiger partial charge in [0, 0.05) is 6.54 Å². The number of hydrogen-bond acceptors (Lipinski definition) is 3. The van der Waals surface area contributed by atoms with Gasteiger partial charge in [-0.25, -0.2) is 0 Å². The van der Waals surface area contributed by atoms with Crippen molar-refractivity contribution in [3.05, 3.63) is 24.2 Å². The SMILES string of the molecule is O=C(NCC1CCN(CC(F)(F)F)CC1)c1ccoc1. The van der Waals surface area contributed by atoms with Crippen molar-refractivity contribution in [2.75, 3.05) is 26.2 Å². The molecule has 1 fully saturated rings. The molecule has 0 aromatic carbocycles. The Kier molecular flexibility index (Phi) is 4.69. The first-order valence-electron chi connectivity index (χ1n) is 6.53. The van der Waals surface area contributed by atoms with E-state index < -0.39 is 12.7 Å². The Hall–Kier alpha value is -1.50. The van der Waals surface area contributed by atoms with Crippen LogP contribution >= 0.6 is 0 Å². The Morgan fingerprint density at radius 1 is 1.40 bits per heavy atom. The molecule has 0 saturated carbocycles. The van der Waals surface area contributed by atoms with E-state index in [1.807, 2.05) is 0 Å². The normalized spacial score (nSPS) is 18.1. The number of carbonyl (C=O) groups is 1. The molecule has 0 unspecified atom stereocenters. The molecule has 1 aliphatic heterocycles. The van der Waals surface area contributed by atoms with Crippen LogP contribution in [0.2, 0.25) is 0 Å². The van der Waals surface area contributed by atoms with E-state index in [-0.39, 0.29) is 11.8 Å². The molecule has 0 bridgehead atoms. The summed E-state index contributed by atoms with van der Waals surface area (Å²) in [5, 5.41) is 2.78. The van der Waals surface area contributed by atoms with Crippen LogP contribution in [0.5, 0.6) is 0 Å². The second kappa shape index (κ2) is 6.30. The van der Waals surface area contributed by atoms with Gasteiger partial charge in [0.1, 0.15) is 6.26 Å². The van der Waals surface area contributed by atoms with E-state index in [1.165, 1.54) is 17.4 Å². The zero-order chi connectivity index (χ0) is 14.6. The number of hydrogen-bond donors (Lipinski definition) is 1. The number of furan rings is 1. The lowest BCUT2D eigenvalue weighted by atomic mass is 9.96. The average Bonchev–Trinajstić information content (AvgIpc) is 2.89. The molecule has 1 aliphatic rings. The predicted molar refractivity (Wildman–Crippen MR) is 66.3 cm³/mol. The summed E-state index contributed by atoms with van der Waals surface area (Å²) in [4.78, 5) is 13.1. The van der Waals surface area contributed by atoms with Crippen molar-refractivity contribution in [3.8, 4) is 0 Å². The van der Waals surface area contributed by atoms with Crippen molar-refractivity contribution in [2.24, 2.45) is 5.92 Å². The maximum absolute atomic E-state index is 12.2. The second-order valence-corrected chi connectivity index (χ2v) is 5.06. The van der Waals surface area contributed by atoms with Crippen LogP contribution in [-0.2, 0) is 0 Å². The summed E-state index contributed by atoms with van der Waals surface area (Å²) in [5.74, 6) is 0.0202. The number of halogens is 3. The summed E-state index contributed by atoms with van der Waals surface area (Å²) in [6.07, 6.45) is -0.0162. The minimum atomic E-state index is -4.14. The van der Waals surface area contributed by atoms with Crippen LogP contribution in [-0.4, -0.2) is 43.2 Å². The standard InChI is InChI=1S/C13H17F3N2O2/c14-13(15,16)9-18-4-1-10(2-5-18)7-17-12(19)11-3-6-20-8-11/h3,6,8,10H,1-2,4-5,7,9H2,(H,17,19). The van der Waals surface area contributed by atoms with E-state index in [2.05, 4.69) is 5.32 Å². The predicted octanol–water partition coefficient (Wildman–Crippen LogP) is 2.28. The fourth-order valence-electron chi connectivity index (χ4n) is 2.33. The molecule has 0 radical (unpaired) electrons. The fraction of sp³-hybridized carbons (Fsp3) is 0.615. The van der Waals surface area contributed by atoms with Gasteiger partial charge in [0.15, 0.2) is 0 Å². The van der Waals surface area contributed by atoms with Gasteiger partial charge >= 0.3 is 6.18 Å². The highest BCUT2D eigenvalue weighted by Crippen LogP contribution is 2.22. The smallest absolute Gasteiger partial charge is 0.401 e. The Bertz CT molecular complexity index is 423. The van der Waals surface area contributed by atoms with Crippen LogP contribution in [0.3, 0.4) is 0 Å². The molecule has 1 aromatic rings. The summed E-state index contributed by atoms with van der Waals surface area (Å²) in [5.41, 5.74) is 0.458. The molecule has 0 atom stereocenters. The highest BCUT2D eigenvalue weighted by Gasteiger charge is 2.32. The number of piperidine rings is 1. The quantitative estimate of drug-likeness (QED) is 0.925. The van der Waals surface area contributed by atoms with Crippen LogP contribution in [0.25, 0.3) is 0 Å². The monoisotopic (exact) mass is 290 g/mol. The lowest BCUT2D eigenvalue weighted by Crippen LogP contribution is -2.42. The molecule has 1 saturated heterocycles. The molecule has 7 heteroatoms. The third-order valence-electron chi connectivity index (χ3n) is 3.44. The van der Waals surface area contributed by atoms with Crippen molar-refractivity contribution in [1.29, 1.82) is 0 Å². The Morgan fingerprint density at radius 2 is 2.10 bits per heavy atom. The summed E-state index contributed by atoms with van der Waals surface area (Å²) >= 11 is 0. The van der Waals surface area contributed by atoms with Gasteiger partial charge in [-0.2, -0.15) is 13.2 Å². The molecule has 4 nitrogen and oxygen atoms in total. The average molecular weight is 290 g/mol. The number of nitrogens with one attached hydrogen (secondary N) is 1. The van der Waals surface area contributed by atoms with Crippen molar-refractivity contribution in [2.45, 2.75) is 19.0 Å². The number of alkyl halides is 3. The maximum atomic E-state index is 12.2. The van der Waals surface area contributed by atoms with Gasteiger partial charge in [-0.15, -0.1) is 0 Å². The molecule has 1 N–H and O–H groups in total. The summed E-state index contributed by atoms with van der Waals surface area (Å²) in [6, 6.07) is 1.57. The molecule has 0 spiro atoms. The van der Waals surface area contributed by atoms with Crippen molar-refractivity contribution < 1.29 is 22.4 Å². The van der Waals surface area contributed by atoms with Crippen LogP contribution < -0.4 is 5.32 Å². The van der Waals surface area contributed by atoms with E-state index in [0.717, 1.165) is 0 Å². The van der Waals surface area contributed by atoms with Crippen LogP contribution in [0, 0.1) is 5.92 Å². The Labute approximate surface area is 114 Å². The molecular formula is C13H17F3N2O2. The number of rotatable bonds is 4. The van der Waals surface area contributed by atoms with Crippen LogP contribution in [0.4, 0.5) is 13.2 Å². The molecule has 2 rings (SSSR count). The molecule has 112 valence electrons. The van der Waals surface area contributed by atoms with Crippen molar-refractivity contribution in [3.63, 3.8) is 0 Å². The zero-order valence-electron chi connectivity index (χ0n) is 10.9. The lowest BCUT2D eigenvalue weighted by molar-refractivity contribution is -0.148. The van der Waals surface area contributed by atoms with Gasteiger partial charge in [-0.3, -0.25) is 9.69 Å². The van der Waals surface area contributed by atoms with Gasteiger partial charge < -0.3 is 9.73 Å². The Morgan fingerprint density at radius 3 is 2.65 bits per heavy atom. The number of amides is 1. The number of nitrogens with zero attached hydrogens (tertiary/aromatic N) is 1. The first-order chi connectivity index (χ1) is 9.44. The molecule has 0 aliphatic carbocycles. The maximum Gasteiger partial charge on any atom is 0.401 e. The van der Waals surface area contributed by atoms with Crippen molar-refractivity contribution >= 4 is 5.91 Å². The summed E-state index contributed by atoms with van der Waals surface area (Å²) in [7, 11) is 0. The van der Waals surface area contributed by atoms with Gasteiger partial charge in [0.2, 0.25) is 0 Å². The largest absolute Gasteiger partial charge is 0.472 e. The van der Waals surface area contributed by atoms with Gasteiger partial charge in [0.05, 0.1) is 18.4 Å². The topological polar surface area (TPSA) is 45.5 Å². The van der Waals surface area contributed by atoms with E-state index >= 15 is 0 Å². The van der Waals surface area contributed by atoms with Gasteiger partial charge in [-0.1, -0.05) is 0 Å². The van der Waals surface area contributed by atoms with Gasteiger partial charge in [0.25, 0.3) is 5.91 Å². The summed E-state index contributed by atoms with van der Waals surface area (Å²) < 4.78 is 41.5. The minimum Gasteiger partial charge on any atom is -0.472 e. The zero-order valence-corrected chi connectivity index (χ0v) is 10.9. The Balaban J connectivity index is 1.68. The van der Waals surface area contributed by atoms with E-state index in [9.17, 15) is 18.0 Å². The van der Waals surface area contributed by atoms with Crippen LogP contribution in [0.1, 0.15) is 23.2 Å². The van der Waals surface area contributed by atoms with Gasteiger partial charge in [-0.05, 0) is 37.9 Å². The fourth-order valence-corrected chi connectivity index (χ4v) is 2.33. The molecule has 2 heterocycles. The second-order valence-electron chi connectivity index (χ2n) is 5.06. The highest BCUT2D eigenvalue weighted by atomic mass is 19.4. The first-order valence-corrected chi connectivity index (χ1v) is 6.53.